The van der Waals surface area contributed by atoms with E-state index in [9.17, 15) is 17.2 Å². The van der Waals surface area contributed by atoms with Gasteiger partial charge in [-0.2, -0.15) is 10.2 Å². The van der Waals surface area contributed by atoms with Crippen LogP contribution >= 0.6 is 0 Å². The second-order valence-corrected chi connectivity index (χ2v) is 5.82. The van der Waals surface area contributed by atoms with Gasteiger partial charge in [-0.25, -0.2) is 21.9 Å². The first-order valence-corrected chi connectivity index (χ1v) is 7.37. The monoisotopic (exact) mass is 314 g/mol. The number of nitrogens with one attached hydrogen (secondary N) is 1. The third-order valence-corrected chi connectivity index (χ3v) is 4.13. The molecule has 3 N–H and O–H groups in total. The molecule has 0 aliphatic rings. The zero-order valence-electron chi connectivity index (χ0n) is 10.8. The molecule has 0 saturated carbocycles. The lowest BCUT2D eigenvalue weighted by atomic mass is 10.2. The maximum Gasteiger partial charge on any atom is 0.243 e. The third-order valence-electron chi connectivity index (χ3n) is 2.72. The van der Waals surface area contributed by atoms with Gasteiger partial charge in [0.1, 0.15) is 10.7 Å². The maximum atomic E-state index is 14.0. The molecule has 0 fully saturated rings. The summed E-state index contributed by atoms with van der Waals surface area (Å²) in [5.41, 5.74) is 5.10. The highest BCUT2D eigenvalue weighted by atomic mass is 32.2. The Hall–Kier alpha value is -1.97. The third kappa shape index (κ3) is 3.38. The Balaban J connectivity index is 2.28. The van der Waals surface area contributed by atoms with Crippen molar-refractivity contribution in [3.63, 3.8) is 0 Å². The van der Waals surface area contributed by atoms with Crippen LogP contribution in [0.25, 0.3) is 0 Å². The van der Waals surface area contributed by atoms with E-state index in [4.69, 9.17) is 5.73 Å². The summed E-state index contributed by atoms with van der Waals surface area (Å²) in [5, 5.41) is 7.28. The normalized spacial score (nSPS) is 11.6. The number of hydrogen-bond donors (Lipinski definition) is 2. The van der Waals surface area contributed by atoms with Gasteiger partial charge in [0.05, 0.1) is 12.2 Å². The van der Waals surface area contributed by atoms with Crippen molar-refractivity contribution in [3.8, 4) is 0 Å². The first-order valence-electron chi connectivity index (χ1n) is 5.89. The van der Waals surface area contributed by atoms with Crippen molar-refractivity contribution in [2.24, 2.45) is 5.73 Å². The highest BCUT2D eigenvalue weighted by molar-refractivity contribution is 7.89. The molecule has 112 valence electrons. The van der Waals surface area contributed by atoms with E-state index in [0.717, 1.165) is 12.1 Å². The molecule has 0 saturated heterocycles. The van der Waals surface area contributed by atoms with Crippen LogP contribution < -0.4 is 10.5 Å². The van der Waals surface area contributed by atoms with E-state index in [1.54, 1.807) is 12.1 Å². The molecule has 0 bridgehead atoms. The fourth-order valence-electron chi connectivity index (χ4n) is 1.65. The molecule has 9 heteroatoms. The molecule has 0 amide bonds. The van der Waals surface area contributed by atoms with Gasteiger partial charge in [0, 0.05) is 18.3 Å². The molecule has 1 aromatic carbocycles. The van der Waals surface area contributed by atoms with Crippen molar-refractivity contribution in [2.45, 2.75) is 18.0 Å². The lowest BCUT2D eigenvalue weighted by Gasteiger charge is -2.10. The quantitative estimate of drug-likeness (QED) is 0.846. The maximum absolute atomic E-state index is 14.0. The molecule has 21 heavy (non-hydrogen) atoms. The molecule has 0 unspecified atom stereocenters. The van der Waals surface area contributed by atoms with E-state index in [-0.39, 0.29) is 6.54 Å². The average Bonchev–Trinajstić information content (AvgIpc) is 2.46. The lowest BCUT2D eigenvalue weighted by molar-refractivity contribution is 0.525. The first-order chi connectivity index (χ1) is 9.95. The molecule has 1 heterocycles. The van der Waals surface area contributed by atoms with Crippen LogP contribution in [0.15, 0.2) is 35.4 Å². The molecular formula is C12H12F2N4O2S. The molecular weight excluding hydrogens is 302 g/mol. The summed E-state index contributed by atoms with van der Waals surface area (Å²) >= 11 is 0. The first kappa shape index (κ1) is 15.4. The van der Waals surface area contributed by atoms with E-state index in [1.165, 1.54) is 6.20 Å². The average molecular weight is 314 g/mol. The summed E-state index contributed by atoms with van der Waals surface area (Å²) in [4.78, 5) is -0.659. The Morgan fingerprint density at radius 1 is 1.24 bits per heavy atom. The van der Waals surface area contributed by atoms with E-state index in [1.807, 2.05) is 0 Å². The predicted octanol–water partition coefficient (Wildman–Crippen LogP) is 0.692. The Morgan fingerprint density at radius 2 is 2.00 bits per heavy atom. The Morgan fingerprint density at radius 3 is 2.62 bits per heavy atom. The van der Waals surface area contributed by atoms with Crippen LogP contribution in [0.4, 0.5) is 8.78 Å². The lowest BCUT2D eigenvalue weighted by Crippen LogP contribution is -2.25. The standard InChI is InChI=1S/C12H12F2N4O2S/c13-10-3-4-11(12(14)9(10)6-15)21(19,20)17-7-8-2-1-5-16-18-8/h1-5,17H,6-7,15H2. The van der Waals surface area contributed by atoms with Crippen LogP contribution in [0.1, 0.15) is 11.3 Å². The van der Waals surface area contributed by atoms with Crippen LogP contribution in [0.2, 0.25) is 0 Å². The molecule has 0 radical (unpaired) electrons. The van der Waals surface area contributed by atoms with Gasteiger partial charge in [-0.1, -0.05) is 0 Å². The molecule has 0 aliphatic heterocycles. The number of aromatic nitrogens is 2. The Labute approximate surface area is 120 Å². The summed E-state index contributed by atoms with van der Waals surface area (Å²) in [6, 6.07) is 4.86. The highest BCUT2D eigenvalue weighted by Crippen LogP contribution is 2.20. The number of nitrogens with zero attached hydrogens (tertiary/aromatic N) is 2. The summed E-state index contributed by atoms with van der Waals surface area (Å²) < 4.78 is 53.6. The van der Waals surface area contributed by atoms with Crippen molar-refractivity contribution in [2.75, 3.05) is 0 Å². The van der Waals surface area contributed by atoms with Crippen LogP contribution in [-0.4, -0.2) is 18.6 Å². The van der Waals surface area contributed by atoms with Gasteiger partial charge in [-0.15, -0.1) is 0 Å². The van der Waals surface area contributed by atoms with E-state index < -0.39 is 38.7 Å². The summed E-state index contributed by atoms with van der Waals surface area (Å²) in [5.74, 6) is -2.08. The fourth-order valence-corrected chi connectivity index (χ4v) is 2.74. The van der Waals surface area contributed by atoms with Gasteiger partial charge < -0.3 is 5.73 Å². The summed E-state index contributed by atoms with van der Waals surface area (Å²) in [7, 11) is -4.15. The molecule has 0 spiro atoms. The molecule has 0 atom stereocenters. The van der Waals surface area contributed by atoms with Gasteiger partial charge >= 0.3 is 0 Å². The van der Waals surface area contributed by atoms with Gasteiger partial charge in [0.2, 0.25) is 10.0 Å². The minimum absolute atomic E-state index is 0.162. The number of hydrogen-bond acceptors (Lipinski definition) is 5. The van der Waals surface area contributed by atoms with Crippen molar-refractivity contribution >= 4 is 10.0 Å². The number of benzene rings is 1. The topological polar surface area (TPSA) is 98.0 Å². The second-order valence-electron chi connectivity index (χ2n) is 4.08. The Bertz CT molecular complexity index is 738. The zero-order valence-corrected chi connectivity index (χ0v) is 11.6. The number of sulfonamides is 1. The van der Waals surface area contributed by atoms with Crippen molar-refractivity contribution in [3.05, 3.63) is 53.4 Å². The molecule has 2 aromatic rings. The van der Waals surface area contributed by atoms with E-state index in [2.05, 4.69) is 14.9 Å². The van der Waals surface area contributed by atoms with Crippen LogP contribution in [0, 0.1) is 11.6 Å². The largest absolute Gasteiger partial charge is 0.326 e. The van der Waals surface area contributed by atoms with Gasteiger partial charge in [0.25, 0.3) is 0 Å². The van der Waals surface area contributed by atoms with E-state index in [0.29, 0.717) is 5.69 Å². The fraction of sp³-hybridized carbons (Fsp3) is 0.167. The Kier molecular flexibility index (Phi) is 4.56. The van der Waals surface area contributed by atoms with Gasteiger partial charge in [-0.3, -0.25) is 0 Å². The highest BCUT2D eigenvalue weighted by Gasteiger charge is 2.23. The van der Waals surface area contributed by atoms with Crippen molar-refractivity contribution in [1.29, 1.82) is 0 Å². The van der Waals surface area contributed by atoms with Crippen molar-refractivity contribution < 1.29 is 17.2 Å². The summed E-state index contributed by atoms with van der Waals surface area (Å²) in [6.45, 7) is -0.601. The van der Waals surface area contributed by atoms with Crippen LogP contribution in [-0.2, 0) is 23.1 Å². The number of rotatable bonds is 5. The summed E-state index contributed by atoms with van der Waals surface area (Å²) in [6.07, 6.45) is 1.44. The van der Waals surface area contributed by atoms with Crippen LogP contribution in [0.5, 0.6) is 0 Å². The minimum Gasteiger partial charge on any atom is -0.326 e. The molecule has 0 aliphatic carbocycles. The molecule has 2 rings (SSSR count). The second kappa shape index (κ2) is 6.20. The predicted molar refractivity (Wildman–Crippen MR) is 70.3 cm³/mol. The number of halogens is 2. The minimum atomic E-state index is -4.15. The molecule has 1 aromatic heterocycles. The molecule has 6 nitrogen and oxygen atoms in total. The van der Waals surface area contributed by atoms with Gasteiger partial charge in [-0.05, 0) is 24.3 Å². The van der Waals surface area contributed by atoms with Crippen molar-refractivity contribution in [1.82, 2.24) is 14.9 Å². The van der Waals surface area contributed by atoms with Gasteiger partial charge in [0.15, 0.2) is 5.82 Å². The number of nitrogens with two attached hydrogens (primary N) is 1. The smallest absolute Gasteiger partial charge is 0.243 e. The van der Waals surface area contributed by atoms with E-state index >= 15 is 0 Å². The van der Waals surface area contributed by atoms with Crippen LogP contribution in [0.3, 0.4) is 0 Å². The SMILES string of the molecule is NCc1c(F)ccc(S(=O)(=O)NCc2cccnn2)c1F. The zero-order chi connectivity index (χ0) is 15.5.